The number of rotatable bonds is 6. The zero-order chi connectivity index (χ0) is 23.3. The number of benzene rings is 2. The van der Waals surface area contributed by atoms with Crippen LogP contribution in [0.3, 0.4) is 0 Å². The first-order valence-corrected chi connectivity index (χ1v) is 12.8. The van der Waals surface area contributed by atoms with Gasteiger partial charge in [-0.05, 0) is 60.7 Å². The molecule has 0 aliphatic carbocycles. The van der Waals surface area contributed by atoms with Crippen LogP contribution in [-0.4, -0.2) is 37.8 Å². The molecule has 1 aliphatic rings. The van der Waals surface area contributed by atoms with Crippen LogP contribution in [0.1, 0.15) is 12.8 Å². The molecular formula is C23H24N4O4S2. The van der Waals surface area contributed by atoms with Crippen LogP contribution < -0.4 is 16.0 Å². The Labute approximate surface area is 196 Å². The molecule has 0 spiro atoms. The van der Waals surface area contributed by atoms with Gasteiger partial charge in [-0.2, -0.15) is 4.31 Å². The number of nitrogens with one attached hydrogen (secondary N) is 3. The number of piperidine rings is 1. The fourth-order valence-electron chi connectivity index (χ4n) is 3.61. The van der Waals surface area contributed by atoms with E-state index in [1.807, 2.05) is 18.2 Å². The highest BCUT2D eigenvalue weighted by Crippen LogP contribution is 2.27. The lowest BCUT2D eigenvalue weighted by molar-refractivity contribution is -0.120. The summed E-state index contributed by atoms with van der Waals surface area (Å²) in [7, 11) is -3.57. The van der Waals surface area contributed by atoms with Crippen LogP contribution in [0.25, 0.3) is 0 Å². The van der Waals surface area contributed by atoms with Gasteiger partial charge in [-0.3, -0.25) is 4.79 Å². The van der Waals surface area contributed by atoms with E-state index in [2.05, 4.69) is 16.0 Å². The van der Waals surface area contributed by atoms with Gasteiger partial charge in [-0.25, -0.2) is 13.2 Å². The van der Waals surface area contributed by atoms with Crippen molar-refractivity contribution < 1.29 is 18.0 Å². The van der Waals surface area contributed by atoms with Crippen molar-refractivity contribution in [2.24, 2.45) is 5.92 Å². The monoisotopic (exact) mass is 484 g/mol. The first-order valence-electron chi connectivity index (χ1n) is 10.5. The van der Waals surface area contributed by atoms with Crippen molar-refractivity contribution in [2.75, 3.05) is 29.0 Å². The van der Waals surface area contributed by atoms with E-state index in [1.54, 1.807) is 53.9 Å². The summed E-state index contributed by atoms with van der Waals surface area (Å²) in [5.74, 6) is -0.647. The summed E-state index contributed by atoms with van der Waals surface area (Å²) in [5, 5.41) is 10.0. The van der Waals surface area contributed by atoms with Crippen molar-refractivity contribution in [3.8, 4) is 0 Å². The van der Waals surface area contributed by atoms with Crippen molar-refractivity contribution in [2.45, 2.75) is 17.1 Å². The molecule has 1 fully saturated rings. The topological polar surface area (TPSA) is 108 Å². The molecule has 1 unspecified atom stereocenters. The van der Waals surface area contributed by atoms with Gasteiger partial charge in [0, 0.05) is 30.2 Å². The number of sulfonamides is 1. The second-order valence-electron chi connectivity index (χ2n) is 7.65. The second-order valence-corrected chi connectivity index (χ2v) is 10.8. The summed E-state index contributed by atoms with van der Waals surface area (Å²) in [4.78, 5) is 24.9. The van der Waals surface area contributed by atoms with Crippen LogP contribution in [0.15, 0.2) is 76.3 Å². The molecule has 2 aromatic carbocycles. The number of carbonyl (C=O) groups is 2. The smallest absolute Gasteiger partial charge is 0.323 e. The molecule has 3 aromatic rings. The number of thiophene rings is 1. The molecule has 3 amide bonds. The van der Waals surface area contributed by atoms with E-state index in [4.69, 9.17) is 0 Å². The molecule has 172 valence electrons. The molecule has 33 heavy (non-hydrogen) atoms. The molecule has 1 aliphatic heterocycles. The molecule has 1 aromatic heterocycles. The van der Waals surface area contributed by atoms with Crippen molar-refractivity contribution in [3.05, 3.63) is 72.1 Å². The molecule has 0 saturated carbocycles. The number of carbonyl (C=O) groups excluding carboxylic acids is 2. The van der Waals surface area contributed by atoms with Crippen LogP contribution in [0.5, 0.6) is 0 Å². The molecule has 0 radical (unpaired) electrons. The third-order valence-electron chi connectivity index (χ3n) is 5.29. The molecule has 10 heteroatoms. The predicted octanol–water partition coefficient (Wildman–Crippen LogP) is 4.43. The standard InChI is InChI=1S/C23H24N4O4S2/c28-22(17-6-4-14-27(16-17)33(30,31)21-9-5-15-32-21)24-19-10-12-20(13-11-19)26-23(29)25-18-7-2-1-3-8-18/h1-3,5,7-13,15,17H,4,6,14,16H2,(H,24,28)(H2,25,26,29). The second kappa shape index (κ2) is 10.2. The Kier molecular flexibility index (Phi) is 7.07. The van der Waals surface area contributed by atoms with Gasteiger partial charge in [0.25, 0.3) is 10.0 Å². The molecule has 1 atom stereocenters. The summed E-state index contributed by atoms with van der Waals surface area (Å²) in [6.45, 7) is 0.570. The number of nitrogens with zero attached hydrogens (tertiary/aromatic N) is 1. The Morgan fingerprint density at radius 1 is 0.848 bits per heavy atom. The largest absolute Gasteiger partial charge is 0.326 e. The maximum atomic E-state index is 12.8. The highest BCUT2D eigenvalue weighted by Gasteiger charge is 2.33. The van der Waals surface area contributed by atoms with Crippen LogP contribution in [0.2, 0.25) is 0 Å². The van der Waals surface area contributed by atoms with Gasteiger partial charge in [0.2, 0.25) is 5.91 Å². The average molecular weight is 485 g/mol. The lowest BCUT2D eigenvalue weighted by Crippen LogP contribution is -2.43. The van der Waals surface area contributed by atoms with Gasteiger partial charge in [0.15, 0.2) is 0 Å². The minimum atomic E-state index is -3.57. The summed E-state index contributed by atoms with van der Waals surface area (Å²) in [6, 6.07) is 18.8. The highest BCUT2D eigenvalue weighted by molar-refractivity contribution is 7.91. The maximum absolute atomic E-state index is 12.8. The third-order valence-corrected chi connectivity index (χ3v) is 8.52. The third kappa shape index (κ3) is 5.78. The van der Waals surface area contributed by atoms with E-state index in [-0.39, 0.29) is 18.5 Å². The summed E-state index contributed by atoms with van der Waals surface area (Å²) in [5.41, 5.74) is 1.83. The normalized spacial score (nSPS) is 16.7. The Bertz CT molecular complexity index is 1200. The summed E-state index contributed by atoms with van der Waals surface area (Å²) >= 11 is 1.18. The Balaban J connectivity index is 1.32. The lowest BCUT2D eigenvalue weighted by atomic mass is 9.98. The fourth-order valence-corrected chi connectivity index (χ4v) is 6.28. The van der Waals surface area contributed by atoms with Crippen molar-refractivity contribution in [1.29, 1.82) is 0 Å². The number of para-hydroxylation sites is 1. The molecule has 0 bridgehead atoms. The van der Waals surface area contributed by atoms with Crippen molar-refractivity contribution in [3.63, 3.8) is 0 Å². The zero-order valence-electron chi connectivity index (χ0n) is 17.7. The van der Waals surface area contributed by atoms with E-state index in [0.29, 0.717) is 40.7 Å². The lowest BCUT2D eigenvalue weighted by Gasteiger charge is -2.30. The van der Waals surface area contributed by atoms with Gasteiger partial charge < -0.3 is 16.0 Å². The van der Waals surface area contributed by atoms with Gasteiger partial charge in [0.1, 0.15) is 4.21 Å². The molecule has 2 heterocycles. The minimum Gasteiger partial charge on any atom is -0.326 e. The van der Waals surface area contributed by atoms with E-state index in [9.17, 15) is 18.0 Å². The van der Waals surface area contributed by atoms with Crippen molar-refractivity contribution in [1.82, 2.24) is 4.31 Å². The average Bonchev–Trinajstić information content (AvgIpc) is 3.37. The van der Waals surface area contributed by atoms with Gasteiger partial charge in [0.05, 0.1) is 5.92 Å². The van der Waals surface area contributed by atoms with Crippen LogP contribution >= 0.6 is 11.3 Å². The van der Waals surface area contributed by atoms with E-state index in [0.717, 1.165) is 0 Å². The first kappa shape index (κ1) is 23.0. The highest BCUT2D eigenvalue weighted by atomic mass is 32.2. The van der Waals surface area contributed by atoms with E-state index >= 15 is 0 Å². The molecular weight excluding hydrogens is 460 g/mol. The summed E-state index contributed by atoms with van der Waals surface area (Å²) in [6.07, 6.45) is 1.25. The number of urea groups is 1. The Morgan fingerprint density at radius 2 is 1.48 bits per heavy atom. The van der Waals surface area contributed by atoms with Crippen LogP contribution in [0.4, 0.5) is 21.9 Å². The minimum absolute atomic E-state index is 0.158. The van der Waals surface area contributed by atoms with E-state index < -0.39 is 15.9 Å². The van der Waals surface area contributed by atoms with Gasteiger partial charge in [-0.1, -0.05) is 24.3 Å². The molecule has 4 rings (SSSR count). The van der Waals surface area contributed by atoms with Crippen molar-refractivity contribution >= 4 is 50.4 Å². The quantitative estimate of drug-likeness (QED) is 0.481. The van der Waals surface area contributed by atoms with Crippen LogP contribution in [0, 0.1) is 5.92 Å². The molecule has 8 nitrogen and oxygen atoms in total. The fraction of sp³-hybridized carbons (Fsp3) is 0.217. The van der Waals surface area contributed by atoms with E-state index in [1.165, 1.54) is 15.6 Å². The van der Waals surface area contributed by atoms with Crippen LogP contribution in [-0.2, 0) is 14.8 Å². The number of hydrogen-bond acceptors (Lipinski definition) is 5. The molecule has 1 saturated heterocycles. The van der Waals surface area contributed by atoms with Gasteiger partial charge in [-0.15, -0.1) is 11.3 Å². The molecule has 3 N–H and O–H groups in total. The first-order chi connectivity index (χ1) is 15.9. The number of hydrogen-bond donors (Lipinski definition) is 3. The maximum Gasteiger partial charge on any atom is 0.323 e. The summed E-state index contributed by atoms with van der Waals surface area (Å²) < 4.78 is 27.2. The Morgan fingerprint density at radius 3 is 2.12 bits per heavy atom. The van der Waals surface area contributed by atoms with Gasteiger partial charge >= 0.3 is 6.03 Å². The number of anilines is 3. The Hall–Kier alpha value is -3.21. The predicted molar refractivity (Wildman–Crippen MR) is 130 cm³/mol. The number of amides is 3. The SMILES string of the molecule is O=C(Nc1ccccc1)Nc1ccc(NC(=O)C2CCCN(S(=O)(=O)c3cccs3)C2)cc1. The zero-order valence-corrected chi connectivity index (χ0v) is 19.4.